The van der Waals surface area contributed by atoms with Crippen LogP contribution in [0.15, 0.2) is 40.1 Å². The Balaban J connectivity index is 1.47. The summed E-state index contributed by atoms with van der Waals surface area (Å²) in [5.74, 6) is -1.70. The molecule has 2 aromatic rings. The lowest BCUT2D eigenvalue weighted by Gasteiger charge is -2.27. The van der Waals surface area contributed by atoms with Gasteiger partial charge in [-0.05, 0) is 17.7 Å². The van der Waals surface area contributed by atoms with Crippen molar-refractivity contribution in [3.8, 4) is 0 Å². The molecule has 11 nitrogen and oxygen atoms in total. The molecular formula is C21H24ClFN2O9P+. The van der Waals surface area contributed by atoms with Crippen molar-refractivity contribution in [3.63, 3.8) is 0 Å². The van der Waals surface area contributed by atoms with Gasteiger partial charge in [0.2, 0.25) is 5.82 Å². The van der Waals surface area contributed by atoms with E-state index in [1.807, 2.05) is 4.98 Å². The lowest BCUT2D eigenvalue weighted by atomic mass is 10.1. The lowest BCUT2D eigenvalue weighted by molar-refractivity contribution is -0.152. The molecule has 0 saturated carbocycles. The first-order valence-corrected chi connectivity index (χ1v) is 12.8. The SMILES string of the molecule is CCC(=O)O[C@H]1C[C@H](n2cc(F)c(=O)[nH]c2=O)O[C@@H]1CO[P+]1(O)OCCC(c2cccc(Cl)c2)O1. The van der Waals surface area contributed by atoms with Gasteiger partial charge in [0.15, 0.2) is 0 Å². The Morgan fingerprint density at radius 1 is 1.40 bits per heavy atom. The third-order valence-corrected chi connectivity index (χ3v) is 7.24. The summed E-state index contributed by atoms with van der Waals surface area (Å²) >= 11 is 6.05. The maximum atomic E-state index is 13.8. The lowest BCUT2D eigenvalue weighted by Crippen LogP contribution is -2.34. The topological polar surface area (TPSA) is 138 Å². The largest absolute Gasteiger partial charge is 0.573 e. The number of hydrogen-bond donors (Lipinski definition) is 2. The summed E-state index contributed by atoms with van der Waals surface area (Å²) < 4.78 is 42.5. The number of hydrogen-bond acceptors (Lipinski definition) is 9. The molecule has 14 heteroatoms. The maximum Gasteiger partial charge on any atom is 0.573 e. The molecule has 2 saturated heterocycles. The van der Waals surface area contributed by atoms with Crippen LogP contribution in [-0.4, -0.2) is 45.8 Å². The molecule has 4 rings (SSSR count). The van der Waals surface area contributed by atoms with Crippen molar-refractivity contribution in [2.24, 2.45) is 0 Å². The van der Waals surface area contributed by atoms with Crippen molar-refractivity contribution in [1.29, 1.82) is 0 Å². The minimum Gasteiger partial charge on any atom is -0.459 e. The number of benzene rings is 1. The summed E-state index contributed by atoms with van der Waals surface area (Å²) in [6, 6.07) is 7.00. The molecule has 3 heterocycles. The van der Waals surface area contributed by atoms with Gasteiger partial charge in [0, 0.05) is 24.3 Å². The second kappa shape index (κ2) is 10.8. The van der Waals surface area contributed by atoms with Crippen molar-refractivity contribution in [3.05, 3.63) is 67.7 Å². The van der Waals surface area contributed by atoms with Crippen LogP contribution in [0.1, 0.15) is 44.1 Å². The fourth-order valence-electron chi connectivity index (χ4n) is 3.76. The van der Waals surface area contributed by atoms with Crippen molar-refractivity contribution in [2.45, 2.75) is 50.7 Å². The quantitative estimate of drug-likeness (QED) is 0.406. The Kier molecular flexibility index (Phi) is 8.02. The maximum absolute atomic E-state index is 13.8. The van der Waals surface area contributed by atoms with E-state index in [0.717, 1.165) is 16.3 Å². The van der Waals surface area contributed by atoms with Crippen molar-refractivity contribution < 1.29 is 37.1 Å². The smallest absolute Gasteiger partial charge is 0.459 e. The highest BCUT2D eigenvalue weighted by atomic mass is 35.5. The van der Waals surface area contributed by atoms with Crippen LogP contribution in [0.4, 0.5) is 4.39 Å². The molecule has 0 radical (unpaired) electrons. The molecule has 0 spiro atoms. The van der Waals surface area contributed by atoms with Gasteiger partial charge < -0.3 is 9.47 Å². The third kappa shape index (κ3) is 6.15. The minimum absolute atomic E-state index is 0.0190. The average molecular weight is 534 g/mol. The monoisotopic (exact) mass is 533 g/mol. The second-order valence-corrected chi connectivity index (χ2v) is 10.0. The number of nitrogens with one attached hydrogen (secondary N) is 1. The van der Waals surface area contributed by atoms with Gasteiger partial charge in [0.1, 0.15) is 37.8 Å². The Morgan fingerprint density at radius 3 is 2.94 bits per heavy atom. The summed E-state index contributed by atoms with van der Waals surface area (Å²) in [5, 5.41) is 0.514. The predicted octanol–water partition coefficient (Wildman–Crippen LogP) is 2.80. The van der Waals surface area contributed by atoms with Crippen molar-refractivity contribution in [1.82, 2.24) is 9.55 Å². The van der Waals surface area contributed by atoms with E-state index in [1.54, 1.807) is 31.2 Å². The molecule has 35 heavy (non-hydrogen) atoms. The molecule has 5 atom stereocenters. The van der Waals surface area contributed by atoms with Gasteiger partial charge >= 0.3 is 19.8 Å². The van der Waals surface area contributed by atoms with Gasteiger partial charge in [0.25, 0.3) is 5.56 Å². The summed E-state index contributed by atoms with van der Waals surface area (Å²) in [6.45, 7) is 1.46. The van der Waals surface area contributed by atoms with E-state index < -0.39 is 55.7 Å². The normalized spacial score (nSPS) is 28.7. The van der Waals surface area contributed by atoms with Crippen molar-refractivity contribution >= 4 is 25.7 Å². The van der Waals surface area contributed by atoms with E-state index in [4.69, 9.17) is 34.6 Å². The fourth-order valence-corrected chi connectivity index (χ4v) is 5.38. The molecular weight excluding hydrogens is 510 g/mol. The number of rotatable bonds is 7. The summed E-state index contributed by atoms with van der Waals surface area (Å²) in [7, 11) is -3.78. The van der Waals surface area contributed by atoms with Crippen molar-refractivity contribution in [2.75, 3.05) is 13.2 Å². The number of nitrogens with zero attached hydrogens (tertiary/aromatic N) is 1. The minimum atomic E-state index is -3.78. The van der Waals surface area contributed by atoms with Crippen LogP contribution in [0.3, 0.4) is 0 Å². The molecule has 2 aliphatic rings. The first-order valence-electron chi connectivity index (χ1n) is 10.9. The van der Waals surface area contributed by atoms with E-state index >= 15 is 0 Å². The number of H-pyrrole nitrogens is 1. The first-order chi connectivity index (χ1) is 16.7. The predicted molar refractivity (Wildman–Crippen MR) is 121 cm³/mol. The number of esters is 1. The Morgan fingerprint density at radius 2 is 2.20 bits per heavy atom. The van der Waals surface area contributed by atoms with E-state index in [9.17, 15) is 23.7 Å². The van der Waals surface area contributed by atoms with Crippen LogP contribution in [0.25, 0.3) is 0 Å². The highest BCUT2D eigenvalue weighted by molar-refractivity contribution is 7.55. The van der Waals surface area contributed by atoms with E-state index in [1.165, 1.54) is 0 Å². The first kappa shape index (κ1) is 25.9. The van der Waals surface area contributed by atoms with Crippen LogP contribution in [0.2, 0.25) is 5.02 Å². The molecule has 0 amide bonds. The average Bonchev–Trinajstić information content (AvgIpc) is 3.22. The molecule has 2 aliphatic heterocycles. The van der Waals surface area contributed by atoms with Crippen LogP contribution < -0.4 is 11.2 Å². The molecule has 2 N–H and O–H groups in total. The summed E-state index contributed by atoms with van der Waals surface area (Å²) in [5.41, 5.74) is -1.31. The molecule has 2 unspecified atom stereocenters. The van der Waals surface area contributed by atoms with Crippen LogP contribution >= 0.6 is 19.8 Å². The van der Waals surface area contributed by atoms with Crippen LogP contribution in [0.5, 0.6) is 0 Å². The van der Waals surface area contributed by atoms with Gasteiger partial charge in [0.05, 0.1) is 6.20 Å². The number of carbonyl (C=O) groups is 1. The van der Waals surface area contributed by atoms with Gasteiger partial charge in [-0.15, -0.1) is 4.52 Å². The second-order valence-electron chi connectivity index (χ2n) is 7.93. The van der Waals surface area contributed by atoms with Gasteiger partial charge in [-0.1, -0.05) is 30.7 Å². The zero-order chi connectivity index (χ0) is 25.2. The molecule has 0 aliphatic carbocycles. The molecule has 1 aromatic carbocycles. The van der Waals surface area contributed by atoms with Gasteiger partial charge in [-0.3, -0.25) is 19.1 Å². The number of ether oxygens (including phenoxy) is 2. The summed E-state index contributed by atoms with van der Waals surface area (Å²) in [6.07, 6.45) is -2.15. The molecule has 1 aromatic heterocycles. The highest BCUT2D eigenvalue weighted by Crippen LogP contribution is 2.64. The van der Waals surface area contributed by atoms with Crippen LogP contribution in [-0.2, 0) is 27.8 Å². The third-order valence-electron chi connectivity index (χ3n) is 5.50. The number of carbonyl (C=O) groups excluding carboxylic acids is 1. The van der Waals surface area contributed by atoms with E-state index in [0.29, 0.717) is 11.4 Å². The molecule has 0 bridgehead atoms. The van der Waals surface area contributed by atoms with Gasteiger partial charge in [-0.2, -0.15) is 18.3 Å². The van der Waals surface area contributed by atoms with E-state index in [2.05, 4.69) is 0 Å². The van der Waals surface area contributed by atoms with Gasteiger partial charge in [-0.25, -0.2) is 4.79 Å². The zero-order valence-corrected chi connectivity index (χ0v) is 20.2. The highest BCUT2D eigenvalue weighted by Gasteiger charge is 2.53. The number of aromatic nitrogens is 2. The van der Waals surface area contributed by atoms with Crippen LogP contribution in [0, 0.1) is 5.82 Å². The molecule has 2 fully saturated rings. The number of halogens is 2. The van der Waals surface area contributed by atoms with E-state index in [-0.39, 0.29) is 26.1 Å². The Bertz CT molecular complexity index is 1190. The molecule has 190 valence electrons. The standard InChI is InChI=1S/C21H23ClFN2O9P/c1-2-19(26)33-16-9-18(25-10-14(23)20(27)24-21(25)28)32-17(16)11-31-35(29)30-7-6-15(34-35)12-4-3-5-13(22)8-12/h3-5,8,10,15-18,29H,2,6-7,9,11H2,1H3/p+1/t15?,16-,17+,18+,35?/m0/s1. The Hall–Kier alpha value is -2.18. The Labute approximate surface area is 204 Å². The number of aromatic amines is 1. The fraction of sp³-hybridized carbons (Fsp3) is 0.476. The zero-order valence-electron chi connectivity index (χ0n) is 18.6. The summed E-state index contributed by atoms with van der Waals surface area (Å²) in [4.78, 5) is 48.1.